The Hall–Kier alpha value is -0.890. The van der Waals surface area contributed by atoms with Crippen molar-refractivity contribution in [3.05, 3.63) is 29.6 Å². The van der Waals surface area contributed by atoms with Crippen LogP contribution >= 0.6 is 0 Å². The van der Waals surface area contributed by atoms with Crippen LogP contribution < -0.4 is 5.73 Å². The average Bonchev–Trinajstić information content (AvgIpc) is 2.16. The summed E-state index contributed by atoms with van der Waals surface area (Å²) in [6.45, 7) is 4.99. The highest BCUT2D eigenvalue weighted by Gasteiger charge is 2.06. The van der Waals surface area contributed by atoms with Crippen LogP contribution in [0.2, 0.25) is 0 Å². The molecule has 2 heteroatoms. The fourth-order valence-electron chi connectivity index (χ4n) is 1.31. The lowest BCUT2D eigenvalue weighted by Crippen LogP contribution is -2.04. The number of rotatable bonds is 3. The maximum absolute atomic E-state index is 5.60. The third-order valence-electron chi connectivity index (χ3n) is 2.30. The van der Waals surface area contributed by atoms with Crippen LogP contribution in [0.25, 0.3) is 0 Å². The Morgan fingerprint density at radius 2 is 2.33 bits per heavy atom. The predicted molar refractivity (Wildman–Crippen MR) is 50.8 cm³/mol. The van der Waals surface area contributed by atoms with Gasteiger partial charge in [0.2, 0.25) is 0 Å². The van der Waals surface area contributed by atoms with E-state index >= 15 is 0 Å². The third-order valence-corrected chi connectivity index (χ3v) is 2.30. The van der Waals surface area contributed by atoms with Crippen molar-refractivity contribution in [3.63, 3.8) is 0 Å². The summed E-state index contributed by atoms with van der Waals surface area (Å²) < 4.78 is 0. The van der Waals surface area contributed by atoms with E-state index in [9.17, 15) is 0 Å². The first-order valence-electron chi connectivity index (χ1n) is 4.42. The SMILES string of the molecule is CCC(C)c1ccncc1CN. The third kappa shape index (κ3) is 1.83. The van der Waals surface area contributed by atoms with Crippen LogP contribution in [0, 0.1) is 0 Å². The molecule has 0 fully saturated rings. The van der Waals surface area contributed by atoms with E-state index in [0.717, 1.165) is 6.42 Å². The number of nitrogens with zero attached hydrogens (tertiary/aromatic N) is 1. The van der Waals surface area contributed by atoms with Gasteiger partial charge in [0.25, 0.3) is 0 Å². The van der Waals surface area contributed by atoms with Crippen molar-refractivity contribution in [1.82, 2.24) is 4.98 Å². The first-order valence-corrected chi connectivity index (χ1v) is 4.42. The van der Waals surface area contributed by atoms with Crippen LogP contribution in [-0.4, -0.2) is 4.98 Å². The van der Waals surface area contributed by atoms with Gasteiger partial charge in [-0.3, -0.25) is 4.98 Å². The second-order valence-electron chi connectivity index (χ2n) is 3.09. The summed E-state index contributed by atoms with van der Waals surface area (Å²) in [5.74, 6) is 0.589. The molecule has 1 aromatic rings. The molecule has 1 heterocycles. The van der Waals surface area contributed by atoms with Crippen LogP contribution in [0.5, 0.6) is 0 Å². The minimum atomic E-state index is 0.589. The maximum atomic E-state index is 5.60. The van der Waals surface area contributed by atoms with Crippen molar-refractivity contribution in [2.45, 2.75) is 32.7 Å². The molecule has 12 heavy (non-hydrogen) atoms. The van der Waals surface area contributed by atoms with E-state index < -0.39 is 0 Å². The van der Waals surface area contributed by atoms with Crippen LogP contribution in [0.15, 0.2) is 18.5 Å². The summed E-state index contributed by atoms with van der Waals surface area (Å²) in [6, 6.07) is 2.07. The fourth-order valence-corrected chi connectivity index (χ4v) is 1.31. The molecular weight excluding hydrogens is 148 g/mol. The van der Waals surface area contributed by atoms with Gasteiger partial charge in [0.15, 0.2) is 0 Å². The highest BCUT2D eigenvalue weighted by atomic mass is 14.6. The number of pyridine rings is 1. The van der Waals surface area contributed by atoms with Gasteiger partial charge in [0.1, 0.15) is 0 Å². The van der Waals surface area contributed by atoms with Gasteiger partial charge in [0.05, 0.1) is 0 Å². The van der Waals surface area contributed by atoms with E-state index in [1.165, 1.54) is 11.1 Å². The predicted octanol–water partition coefficient (Wildman–Crippen LogP) is 2.05. The van der Waals surface area contributed by atoms with Crippen molar-refractivity contribution in [2.75, 3.05) is 0 Å². The van der Waals surface area contributed by atoms with Crippen LogP contribution in [-0.2, 0) is 6.54 Å². The Bertz CT molecular complexity index is 245. The Morgan fingerprint density at radius 1 is 1.58 bits per heavy atom. The second-order valence-corrected chi connectivity index (χ2v) is 3.09. The molecule has 0 spiro atoms. The van der Waals surface area contributed by atoms with Crippen molar-refractivity contribution in [3.8, 4) is 0 Å². The fraction of sp³-hybridized carbons (Fsp3) is 0.500. The van der Waals surface area contributed by atoms with E-state index in [-0.39, 0.29) is 0 Å². The zero-order valence-corrected chi connectivity index (χ0v) is 7.75. The molecule has 1 rings (SSSR count). The Morgan fingerprint density at radius 3 is 2.92 bits per heavy atom. The summed E-state index contributed by atoms with van der Waals surface area (Å²) in [7, 11) is 0. The largest absolute Gasteiger partial charge is 0.326 e. The van der Waals surface area contributed by atoms with Crippen LogP contribution in [0.1, 0.15) is 37.3 Å². The molecule has 0 aromatic carbocycles. The summed E-state index contributed by atoms with van der Waals surface area (Å²) in [5, 5.41) is 0. The van der Waals surface area contributed by atoms with Crippen molar-refractivity contribution in [1.29, 1.82) is 0 Å². The van der Waals surface area contributed by atoms with Gasteiger partial charge in [-0.05, 0) is 29.5 Å². The number of aromatic nitrogens is 1. The van der Waals surface area contributed by atoms with Crippen molar-refractivity contribution < 1.29 is 0 Å². The molecular formula is C10H16N2. The molecule has 0 radical (unpaired) electrons. The van der Waals surface area contributed by atoms with Gasteiger partial charge in [-0.1, -0.05) is 13.8 Å². The lowest BCUT2D eigenvalue weighted by atomic mass is 9.95. The highest BCUT2D eigenvalue weighted by molar-refractivity contribution is 5.26. The number of hydrogen-bond acceptors (Lipinski definition) is 2. The normalized spacial score (nSPS) is 12.9. The summed E-state index contributed by atoms with van der Waals surface area (Å²) in [6.07, 6.45) is 4.85. The monoisotopic (exact) mass is 164 g/mol. The minimum Gasteiger partial charge on any atom is -0.326 e. The number of hydrogen-bond donors (Lipinski definition) is 1. The molecule has 2 nitrogen and oxygen atoms in total. The average molecular weight is 164 g/mol. The topological polar surface area (TPSA) is 38.9 Å². The van der Waals surface area contributed by atoms with Gasteiger partial charge in [-0.25, -0.2) is 0 Å². The van der Waals surface area contributed by atoms with Gasteiger partial charge in [-0.2, -0.15) is 0 Å². The Kier molecular flexibility index (Phi) is 3.23. The first kappa shape index (κ1) is 9.20. The molecule has 1 aromatic heterocycles. The summed E-state index contributed by atoms with van der Waals surface area (Å²) >= 11 is 0. The van der Waals surface area contributed by atoms with E-state index in [0.29, 0.717) is 12.5 Å². The maximum Gasteiger partial charge on any atom is 0.0315 e. The smallest absolute Gasteiger partial charge is 0.0315 e. The molecule has 0 aliphatic rings. The molecule has 0 bridgehead atoms. The lowest BCUT2D eigenvalue weighted by molar-refractivity contribution is 0.719. The molecule has 1 atom stereocenters. The molecule has 1 unspecified atom stereocenters. The van der Waals surface area contributed by atoms with E-state index in [1.54, 1.807) is 0 Å². The van der Waals surface area contributed by atoms with E-state index in [4.69, 9.17) is 5.73 Å². The highest BCUT2D eigenvalue weighted by Crippen LogP contribution is 2.20. The molecule has 66 valence electrons. The van der Waals surface area contributed by atoms with Gasteiger partial charge in [-0.15, -0.1) is 0 Å². The second kappa shape index (κ2) is 4.21. The Labute approximate surface area is 73.8 Å². The zero-order valence-electron chi connectivity index (χ0n) is 7.75. The standard InChI is InChI=1S/C10H16N2/c1-3-8(2)10-4-5-12-7-9(10)6-11/h4-5,7-8H,3,6,11H2,1-2H3. The molecule has 0 amide bonds. The molecule has 2 N–H and O–H groups in total. The van der Waals surface area contributed by atoms with E-state index in [2.05, 4.69) is 24.9 Å². The summed E-state index contributed by atoms with van der Waals surface area (Å²) in [5.41, 5.74) is 8.12. The molecule has 0 aliphatic carbocycles. The lowest BCUT2D eigenvalue weighted by Gasteiger charge is -2.12. The quantitative estimate of drug-likeness (QED) is 0.742. The molecule has 0 aliphatic heterocycles. The zero-order chi connectivity index (χ0) is 8.97. The van der Waals surface area contributed by atoms with Gasteiger partial charge >= 0.3 is 0 Å². The first-order chi connectivity index (χ1) is 5.79. The van der Waals surface area contributed by atoms with Gasteiger partial charge < -0.3 is 5.73 Å². The number of nitrogens with two attached hydrogens (primary N) is 1. The van der Waals surface area contributed by atoms with Crippen molar-refractivity contribution in [2.24, 2.45) is 5.73 Å². The van der Waals surface area contributed by atoms with Gasteiger partial charge in [0, 0.05) is 18.9 Å². The molecule has 0 saturated heterocycles. The minimum absolute atomic E-state index is 0.589. The van der Waals surface area contributed by atoms with E-state index in [1.807, 2.05) is 12.4 Å². The summed E-state index contributed by atoms with van der Waals surface area (Å²) in [4.78, 5) is 4.05. The molecule has 0 saturated carbocycles. The Balaban J connectivity index is 2.96. The van der Waals surface area contributed by atoms with Crippen LogP contribution in [0.4, 0.5) is 0 Å². The van der Waals surface area contributed by atoms with Crippen molar-refractivity contribution >= 4 is 0 Å². The van der Waals surface area contributed by atoms with Crippen LogP contribution in [0.3, 0.4) is 0 Å².